The Morgan fingerprint density at radius 2 is 2.26 bits per heavy atom. The van der Waals surface area contributed by atoms with Crippen molar-refractivity contribution in [2.75, 3.05) is 11.1 Å². The Labute approximate surface area is 117 Å². The highest BCUT2D eigenvalue weighted by atomic mass is 32.2. The van der Waals surface area contributed by atoms with Gasteiger partial charge < -0.3 is 11.1 Å². The van der Waals surface area contributed by atoms with Crippen molar-refractivity contribution < 1.29 is 9.18 Å². The SMILES string of the molecule is Cc1c(F)cc(C(N)=O)cc1NC1CCCSC1C. The number of primary amides is 1. The molecule has 3 N–H and O–H groups in total. The number of carbonyl (C=O) groups excluding carboxylic acids is 1. The Hall–Kier alpha value is -1.23. The van der Waals surface area contributed by atoms with Crippen LogP contribution in [-0.4, -0.2) is 23.0 Å². The number of nitrogens with one attached hydrogen (secondary N) is 1. The lowest BCUT2D eigenvalue weighted by Gasteiger charge is -2.30. The minimum atomic E-state index is -0.604. The smallest absolute Gasteiger partial charge is 0.248 e. The van der Waals surface area contributed by atoms with Crippen molar-refractivity contribution in [1.82, 2.24) is 0 Å². The minimum Gasteiger partial charge on any atom is -0.381 e. The minimum absolute atomic E-state index is 0.210. The van der Waals surface area contributed by atoms with Gasteiger partial charge in [-0.05, 0) is 37.7 Å². The Kier molecular flexibility index (Phi) is 4.34. The van der Waals surface area contributed by atoms with Crippen LogP contribution in [0.2, 0.25) is 0 Å². The molecule has 0 bridgehead atoms. The molecule has 1 aromatic rings. The molecule has 1 amide bonds. The number of anilines is 1. The summed E-state index contributed by atoms with van der Waals surface area (Å²) < 4.78 is 13.8. The molecule has 0 aliphatic carbocycles. The maximum absolute atomic E-state index is 13.8. The number of benzene rings is 1. The second-order valence-electron chi connectivity index (χ2n) is 4.96. The van der Waals surface area contributed by atoms with Gasteiger partial charge in [0.1, 0.15) is 5.82 Å². The molecule has 1 fully saturated rings. The summed E-state index contributed by atoms with van der Waals surface area (Å²) in [5.41, 5.74) is 6.64. The molecule has 0 saturated carbocycles. The molecule has 104 valence electrons. The fourth-order valence-electron chi connectivity index (χ4n) is 2.28. The van der Waals surface area contributed by atoms with Gasteiger partial charge >= 0.3 is 0 Å². The predicted octanol–water partition coefficient (Wildman–Crippen LogP) is 2.93. The lowest BCUT2D eigenvalue weighted by Crippen LogP contribution is -2.33. The molecule has 2 unspecified atom stereocenters. The summed E-state index contributed by atoms with van der Waals surface area (Å²) in [6.07, 6.45) is 2.22. The molecule has 0 radical (unpaired) electrons. The van der Waals surface area contributed by atoms with E-state index in [4.69, 9.17) is 5.73 Å². The van der Waals surface area contributed by atoms with E-state index in [1.165, 1.54) is 11.8 Å². The van der Waals surface area contributed by atoms with Gasteiger partial charge in [-0.2, -0.15) is 11.8 Å². The van der Waals surface area contributed by atoms with Crippen molar-refractivity contribution in [2.24, 2.45) is 5.73 Å². The summed E-state index contributed by atoms with van der Waals surface area (Å²) in [5, 5.41) is 3.85. The Morgan fingerprint density at radius 3 is 2.89 bits per heavy atom. The van der Waals surface area contributed by atoms with Gasteiger partial charge in [0.15, 0.2) is 0 Å². The Balaban J connectivity index is 2.25. The number of hydrogen-bond acceptors (Lipinski definition) is 3. The lowest BCUT2D eigenvalue weighted by molar-refractivity contribution is 0.1000. The van der Waals surface area contributed by atoms with Gasteiger partial charge in [0.25, 0.3) is 0 Å². The second-order valence-corrected chi connectivity index (χ2v) is 6.45. The maximum atomic E-state index is 13.8. The standard InChI is InChI=1S/C14H19FN2OS/c1-8-11(15)6-10(14(16)18)7-13(8)17-12-4-3-5-19-9(12)2/h6-7,9,12,17H,3-5H2,1-2H3,(H2,16,18). The first-order valence-corrected chi connectivity index (χ1v) is 7.52. The second kappa shape index (κ2) is 5.82. The molecule has 1 heterocycles. The quantitative estimate of drug-likeness (QED) is 0.896. The number of rotatable bonds is 3. The maximum Gasteiger partial charge on any atom is 0.248 e. The number of carbonyl (C=O) groups is 1. The molecule has 1 aliphatic rings. The van der Waals surface area contributed by atoms with Gasteiger partial charge in [0.2, 0.25) is 5.91 Å². The largest absolute Gasteiger partial charge is 0.381 e. The van der Waals surface area contributed by atoms with Crippen molar-refractivity contribution in [3.05, 3.63) is 29.1 Å². The zero-order valence-electron chi connectivity index (χ0n) is 11.2. The summed E-state index contributed by atoms with van der Waals surface area (Å²) in [7, 11) is 0. The fraction of sp³-hybridized carbons (Fsp3) is 0.500. The first-order valence-electron chi connectivity index (χ1n) is 6.47. The number of hydrogen-bond donors (Lipinski definition) is 2. The van der Waals surface area contributed by atoms with E-state index in [1.54, 1.807) is 13.0 Å². The van der Waals surface area contributed by atoms with Crippen molar-refractivity contribution >= 4 is 23.4 Å². The van der Waals surface area contributed by atoms with Crippen molar-refractivity contribution in [3.8, 4) is 0 Å². The van der Waals surface area contributed by atoms with Gasteiger partial charge in [-0.15, -0.1) is 0 Å². The van der Waals surface area contributed by atoms with E-state index in [0.29, 0.717) is 22.5 Å². The van der Waals surface area contributed by atoms with Gasteiger partial charge in [-0.3, -0.25) is 4.79 Å². The third kappa shape index (κ3) is 3.21. The molecular formula is C14H19FN2OS. The van der Waals surface area contributed by atoms with Crippen LogP contribution in [0.4, 0.5) is 10.1 Å². The highest BCUT2D eigenvalue weighted by molar-refractivity contribution is 8.00. The molecule has 5 heteroatoms. The van der Waals surface area contributed by atoms with Gasteiger partial charge in [-0.1, -0.05) is 6.92 Å². The van der Waals surface area contributed by atoms with Crippen LogP contribution < -0.4 is 11.1 Å². The number of thioether (sulfide) groups is 1. The fourth-order valence-corrected chi connectivity index (χ4v) is 3.43. The van der Waals surface area contributed by atoms with Crippen LogP contribution in [0.25, 0.3) is 0 Å². The molecule has 1 aromatic carbocycles. The van der Waals surface area contributed by atoms with E-state index in [2.05, 4.69) is 12.2 Å². The molecule has 0 aromatic heterocycles. The van der Waals surface area contributed by atoms with E-state index in [1.807, 2.05) is 11.8 Å². The van der Waals surface area contributed by atoms with E-state index < -0.39 is 11.7 Å². The normalized spacial score (nSPS) is 23.1. The van der Waals surface area contributed by atoms with Crippen LogP contribution in [0.15, 0.2) is 12.1 Å². The molecule has 2 atom stereocenters. The first kappa shape index (κ1) is 14.2. The summed E-state index contributed by atoms with van der Waals surface area (Å²) in [5.74, 6) is 0.177. The number of halogens is 1. The first-order chi connectivity index (χ1) is 8.99. The number of amides is 1. The van der Waals surface area contributed by atoms with E-state index in [-0.39, 0.29) is 5.56 Å². The zero-order chi connectivity index (χ0) is 14.0. The zero-order valence-corrected chi connectivity index (χ0v) is 12.0. The predicted molar refractivity (Wildman–Crippen MR) is 78.2 cm³/mol. The highest BCUT2D eigenvalue weighted by Gasteiger charge is 2.22. The lowest BCUT2D eigenvalue weighted by atomic mass is 10.0. The molecule has 3 nitrogen and oxygen atoms in total. The monoisotopic (exact) mass is 282 g/mol. The van der Waals surface area contributed by atoms with E-state index >= 15 is 0 Å². The molecule has 1 saturated heterocycles. The molecule has 2 rings (SSSR count). The number of nitrogens with two attached hydrogens (primary N) is 1. The van der Waals surface area contributed by atoms with Gasteiger partial charge in [0.05, 0.1) is 0 Å². The van der Waals surface area contributed by atoms with Crippen LogP contribution in [0, 0.1) is 12.7 Å². The highest BCUT2D eigenvalue weighted by Crippen LogP contribution is 2.29. The van der Waals surface area contributed by atoms with Crippen LogP contribution in [0.5, 0.6) is 0 Å². The van der Waals surface area contributed by atoms with E-state index in [0.717, 1.165) is 12.8 Å². The van der Waals surface area contributed by atoms with Crippen LogP contribution in [0.3, 0.4) is 0 Å². The van der Waals surface area contributed by atoms with Crippen LogP contribution in [-0.2, 0) is 0 Å². The van der Waals surface area contributed by atoms with E-state index in [9.17, 15) is 9.18 Å². The third-order valence-corrected chi connectivity index (χ3v) is 4.96. The van der Waals surface area contributed by atoms with Crippen LogP contribution >= 0.6 is 11.8 Å². The van der Waals surface area contributed by atoms with Crippen molar-refractivity contribution in [3.63, 3.8) is 0 Å². The Bertz CT molecular complexity index is 493. The van der Waals surface area contributed by atoms with Crippen molar-refractivity contribution in [1.29, 1.82) is 0 Å². The average molecular weight is 282 g/mol. The van der Waals surface area contributed by atoms with Crippen LogP contribution in [0.1, 0.15) is 35.7 Å². The summed E-state index contributed by atoms with van der Waals surface area (Å²) in [6, 6.07) is 3.15. The van der Waals surface area contributed by atoms with Crippen molar-refractivity contribution in [2.45, 2.75) is 38.0 Å². The topological polar surface area (TPSA) is 55.1 Å². The van der Waals surface area contributed by atoms with Gasteiger partial charge in [-0.25, -0.2) is 4.39 Å². The molecule has 0 spiro atoms. The third-order valence-electron chi connectivity index (χ3n) is 3.58. The average Bonchev–Trinajstić information content (AvgIpc) is 2.37. The Morgan fingerprint density at radius 1 is 1.53 bits per heavy atom. The molecule has 1 aliphatic heterocycles. The van der Waals surface area contributed by atoms with Gasteiger partial charge in [0, 0.05) is 28.1 Å². The summed E-state index contributed by atoms with van der Waals surface area (Å²) in [4.78, 5) is 11.2. The summed E-state index contributed by atoms with van der Waals surface area (Å²) >= 11 is 1.92. The molecular weight excluding hydrogens is 263 g/mol. The summed E-state index contributed by atoms with van der Waals surface area (Å²) in [6.45, 7) is 3.88. The molecule has 19 heavy (non-hydrogen) atoms.